The molecule has 2 aromatic carbocycles. The van der Waals surface area contributed by atoms with Gasteiger partial charge >= 0.3 is 0 Å². The molecular weight excluding hydrogens is 324 g/mol. The van der Waals surface area contributed by atoms with Crippen LogP contribution in [0.25, 0.3) is 0 Å². The molecule has 2 rings (SSSR count). The van der Waals surface area contributed by atoms with Crippen molar-refractivity contribution >= 4 is 38.9 Å². The van der Waals surface area contributed by atoms with Crippen molar-refractivity contribution < 1.29 is 0 Å². The summed E-state index contributed by atoms with van der Waals surface area (Å²) in [7, 11) is 4.06. The van der Waals surface area contributed by atoms with Gasteiger partial charge < -0.3 is 10.2 Å². The van der Waals surface area contributed by atoms with Gasteiger partial charge in [-0.25, -0.2) is 0 Å². The molecule has 0 saturated carbocycles. The summed E-state index contributed by atoms with van der Waals surface area (Å²) in [6.07, 6.45) is 0. The molecule has 0 amide bonds. The average molecular weight is 340 g/mol. The van der Waals surface area contributed by atoms with Crippen molar-refractivity contribution in [3.8, 4) is 0 Å². The average Bonchev–Trinajstić information content (AvgIpc) is 2.38. The van der Waals surface area contributed by atoms with Crippen LogP contribution in [-0.2, 0) is 6.54 Å². The van der Waals surface area contributed by atoms with E-state index in [-0.39, 0.29) is 0 Å². The first-order valence-corrected chi connectivity index (χ1v) is 7.18. The van der Waals surface area contributed by atoms with Crippen LogP contribution in [0.3, 0.4) is 0 Å². The molecule has 100 valence electrons. The summed E-state index contributed by atoms with van der Waals surface area (Å²) < 4.78 is 0.997. The van der Waals surface area contributed by atoms with Crippen molar-refractivity contribution in [1.82, 2.24) is 0 Å². The maximum absolute atomic E-state index is 6.19. The number of hydrogen-bond acceptors (Lipinski definition) is 2. The lowest BCUT2D eigenvalue weighted by molar-refractivity contribution is 1.12. The zero-order valence-electron chi connectivity index (χ0n) is 11.0. The number of anilines is 2. The summed E-state index contributed by atoms with van der Waals surface area (Å²) in [5.41, 5.74) is 3.36. The first-order valence-electron chi connectivity index (χ1n) is 6.01. The highest BCUT2D eigenvalue weighted by Crippen LogP contribution is 2.23. The number of hydrogen-bond donors (Lipinski definition) is 1. The van der Waals surface area contributed by atoms with Gasteiger partial charge in [0, 0.05) is 41.5 Å². The minimum Gasteiger partial charge on any atom is -0.381 e. The molecular formula is C15H16BrClN2. The molecule has 0 aliphatic rings. The molecule has 2 nitrogen and oxygen atoms in total. The molecule has 0 heterocycles. The summed E-state index contributed by atoms with van der Waals surface area (Å²) in [6.45, 7) is 0.716. The maximum Gasteiger partial charge on any atom is 0.0467 e. The SMILES string of the molecule is CN(C)c1ccc(NCc2ccc(Br)cc2Cl)cc1. The highest BCUT2D eigenvalue weighted by molar-refractivity contribution is 9.10. The molecule has 0 radical (unpaired) electrons. The Balaban J connectivity index is 2.02. The fourth-order valence-electron chi connectivity index (χ4n) is 1.74. The van der Waals surface area contributed by atoms with Gasteiger partial charge in [0.2, 0.25) is 0 Å². The Bertz CT molecular complexity index is 553. The predicted molar refractivity (Wildman–Crippen MR) is 87.2 cm³/mol. The van der Waals surface area contributed by atoms with Gasteiger partial charge in [0.1, 0.15) is 0 Å². The van der Waals surface area contributed by atoms with Gasteiger partial charge in [-0.3, -0.25) is 0 Å². The first kappa shape index (κ1) is 14.2. The van der Waals surface area contributed by atoms with E-state index in [2.05, 4.69) is 50.4 Å². The van der Waals surface area contributed by atoms with E-state index in [1.165, 1.54) is 5.69 Å². The molecule has 0 saturated heterocycles. The summed E-state index contributed by atoms with van der Waals surface area (Å²) in [5.74, 6) is 0. The summed E-state index contributed by atoms with van der Waals surface area (Å²) >= 11 is 9.59. The van der Waals surface area contributed by atoms with Crippen LogP contribution in [-0.4, -0.2) is 14.1 Å². The van der Waals surface area contributed by atoms with Gasteiger partial charge in [-0.15, -0.1) is 0 Å². The topological polar surface area (TPSA) is 15.3 Å². The third-order valence-electron chi connectivity index (χ3n) is 2.88. The predicted octanol–water partition coefficient (Wildman–Crippen LogP) is 4.78. The van der Waals surface area contributed by atoms with E-state index in [1.807, 2.05) is 32.3 Å². The van der Waals surface area contributed by atoms with E-state index in [4.69, 9.17) is 11.6 Å². The Morgan fingerprint density at radius 3 is 2.37 bits per heavy atom. The molecule has 0 aliphatic heterocycles. The molecule has 1 N–H and O–H groups in total. The molecule has 4 heteroatoms. The first-order chi connectivity index (χ1) is 9.06. The van der Waals surface area contributed by atoms with E-state index in [0.717, 1.165) is 20.7 Å². The fourth-order valence-corrected chi connectivity index (χ4v) is 2.48. The molecule has 2 aromatic rings. The van der Waals surface area contributed by atoms with Crippen LogP contribution in [0.5, 0.6) is 0 Å². The van der Waals surface area contributed by atoms with Gasteiger partial charge in [-0.2, -0.15) is 0 Å². The number of nitrogens with one attached hydrogen (secondary N) is 1. The lowest BCUT2D eigenvalue weighted by Crippen LogP contribution is -2.08. The quantitative estimate of drug-likeness (QED) is 0.862. The Labute approximate surface area is 127 Å². The Morgan fingerprint density at radius 2 is 1.79 bits per heavy atom. The van der Waals surface area contributed by atoms with Crippen molar-refractivity contribution in [1.29, 1.82) is 0 Å². The van der Waals surface area contributed by atoms with Gasteiger partial charge in [0.05, 0.1) is 0 Å². The molecule has 0 bridgehead atoms. The van der Waals surface area contributed by atoms with Crippen LogP contribution >= 0.6 is 27.5 Å². The van der Waals surface area contributed by atoms with Crippen LogP contribution in [0.1, 0.15) is 5.56 Å². The molecule has 0 aliphatic carbocycles. The zero-order chi connectivity index (χ0) is 13.8. The highest BCUT2D eigenvalue weighted by Gasteiger charge is 2.01. The number of halogens is 2. The molecule has 0 aromatic heterocycles. The third kappa shape index (κ3) is 3.88. The molecule has 19 heavy (non-hydrogen) atoms. The Hall–Kier alpha value is -1.19. The fraction of sp³-hybridized carbons (Fsp3) is 0.200. The van der Waals surface area contributed by atoms with Crippen LogP contribution < -0.4 is 10.2 Å². The van der Waals surface area contributed by atoms with Crippen LogP contribution in [0.2, 0.25) is 5.02 Å². The standard InChI is InChI=1S/C15H16BrClN2/c1-19(2)14-7-5-13(6-8-14)18-10-11-3-4-12(16)9-15(11)17/h3-9,18H,10H2,1-2H3. The Kier molecular flexibility index (Phi) is 4.72. The highest BCUT2D eigenvalue weighted by atomic mass is 79.9. The maximum atomic E-state index is 6.19. The monoisotopic (exact) mass is 338 g/mol. The second kappa shape index (κ2) is 6.31. The lowest BCUT2D eigenvalue weighted by Gasteiger charge is -2.13. The number of rotatable bonds is 4. The Morgan fingerprint density at radius 1 is 1.11 bits per heavy atom. The molecule has 0 fully saturated rings. The van der Waals surface area contributed by atoms with Crippen molar-refractivity contribution in [2.45, 2.75) is 6.54 Å². The molecule has 0 unspecified atom stereocenters. The number of nitrogens with zero attached hydrogens (tertiary/aromatic N) is 1. The number of benzene rings is 2. The lowest BCUT2D eigenvalue weighted by atomic mass is 10.2. The van der Waals surface area contributed by atoms with Crippen LogP contribution in [0, 0.1) is 0 Å². The van der Waals surface area contributed by atoms with E-state index in [1.54, 1.807) is 0 Å². The second-order valence-electron chi connectivity index (χ2n) is 4.53. The minimum atomic E-state index is 0.716. The summed E-state index contributed by atoms with van der Waals surface area (Å²) in [6, 6.07) is 14.3. The van der Waals surface area contributed by atoms with Crippen molar-refractivity contribution in [2.75, 3.05) is 24.3 Å². The van der Waals surface area contributed by atoms with Crippen molar-refractivity contribution in [2.24, 2.45) is 0 Å². The second-order valence-corrected chi connectivity index (χ2v) is 5.85. The van der Waals surface area contributed by atoms with Gasteiger partial charge in [0.25, 0.3) is 0 Å². The van der Waals surface area contributed by atoms with Crippen molar-refractivity contribution in [3.05, 3.63) is 57.5 Å². The minimum absolute atomic E-state index is 0.716. The molecule has 0 spiro atoms. The van der Waals surface area contributed by atoms with E-state index >= 15 is 0 Å². The summed E-state index contributed by atoms with van der Waals surface area (Å²) in [4.78, 5) is 2.08. The van der Waals surface area contributed by atoms with Crippen molar-refractivity contribution in [3.63, 3.8) is 0 Å². The van der Waals surface area contributed by atoms with Crippen LogP contribution in [0.4, 0.5) is 11.4 Å². The summed E-state index contributed by atoms with van der Waals surface area (Å²) in [5, 5.41) is 4.14. The normalized spacial score (nSPS) is 10.3. The van der Waals surface area contributed by atoms with E-state index in [9.17, 15) is 0 Å². The van der Waals surface area contributed by atoms with E-state index in [0.29, 0.717) is 6.54 Å². The van der Waals surface area contributed by atoms with Gasteiger partial charge in [0.15, 0.2) is 0 Å². The largest absolute Gasteiger partial charge is 0.381 e. The third-order valence-corrected chi connectivity index (χ3v) is 3.73. The molecule has 0 atom stereocenters. The van der Waals surface area contributed by atoms with Crippen LogP contribution in [0.15, 0.2) is 46.9 Å². The zero-order valence-corrected chi connectivity index (χ0v) is 13.3. The van der Waals surface area contributed by atoms with Gasteiger partial charge in [-0.05, 0) is 42.0 Å². The smallest absolute Gasteiger partial charge is 0.0467 e. The van der Waals surface area contributed by atoms with Gasteiger partial charge in [-0.1, -0.05) is 33.6 Å². The van der Waals surface area contributed by atoms with E-state index < -0.39 is 0 Å².